The molecule has 1 amide bonds. The van der Waals surface area contributed by atoms with Gasteiger partial charge in [0.25, 0.3) is 5.91 Å². The van der Waals surface area contributed by atoms with E-state index in [1.165, 1.54) is 0 Å². The van der Waals surface area contributed by atoms with Crippen molar-refractivity contribution in [2.45, 2.75) is 25.9 Å². The Hall–Kier alpha value is -3.61. The van der Waals surface area contributed by atoms with Gasteiger partial charge < -0.3 is 14.3 Å². The van der Waals surface area contributed by atoms with Crippen LogP contribution in [0.4, 0.5) is 0 Å². The Labute approximate surface area is 162 Å². The van der Waals surface area contributed by atoms with Crippen LogP contribution in [0.25, 0.3) is 11.5 Å². The average Bonchev–Trinajstić information content (AvgIpc) is 3.47. The molecule has 0 spiro atoms. The summed E-state index contributed by atoms with van der Waals surface area (Å²) in [6.07, 6.45) is 6.17. The number of carbonyl (C=O) groups excluding carboxylic acids is 1. The number of nitrogens with one attached hydrogen (secondary N) is 2. The van der Waals surface area contributed by atoms with E-state index >= 15 is 0 Å². The van der Waals surface area contributed by atoms with Gasteiger partial charge in [0.2, 0.25) is 0 Å². The van der Waals surface area contributed by atoms with Gasteiger partial charge in [-0.15, -0.1) is 0 Å². The zero-order valence-corrected chi connectivity index (χ0v) is 15.5. The minimum Gasteiger partial charge on any atom is -0.460 e. The van der Waals surface area contributed by atoms with Gasteiger partial charge in [0, 0.05) is 25.0 Å². The Morgan fingerprint density at radius 3 is 2.82 bits per heavy atom. The van der Waals surface area contributed by atoms with Crippen LogP contribution >= 0.6 is 0 Å². The normalized spacial score (nSPS) is 12.0. The number of benzene rings is 1. The topological polar surface area (TPSA) is 88.7 Å². The second-order valence-corrected chi connectivity index (χ2v) is 6.60. The predicted octanol–water partition coefficient (Wildman–Crippen LogP) is 3.74. The Balaban J connectivity index is 1.49. The predicted molar refractivity (Wildman–Crippen MR) is 105 cm³/mol. The first-order valence-corrected chi connectivity index (χ1v) is 9.13. The average molecular weight is 375 g/mol. The number of hydrogen-bond donors (Lipinski definition) is 2. The molecular weight excluding hydrogens is 354 g/mol. The lowest BCUT2D eigenvalue weighted by Gasteiger charge is -2.19. The first kappa shape index (κ1) is 17.8. The summed E-state index contributed by atoms with van der Waals surface area (Å²) in [6, 6.07) is 15.2. The van der Waals surface area contributed by atoms with Crippen molar-refractivity contribution in [3.63, 3.8) is 0 Å². The van der Waals surface area contributed by atoms with Gasteiger partial charge in [-0.1, -0.05) is 30.3 Å². The number of imidazole rings is 1. The smallest absolute Gasteiger partial charge is 0.272 e. The summed E-state index contributed by atoms with van der Waals surface area (Å²) in [4.78, 5) is 16.9. The third kappa shape index (κ3) is 4.03. The summed E-state index contributed by atoms with van der Waals surface area (Å²) in [5.41, 5.74) is 2.05. The molecule has 7 heteroatoms. The van der Waals surface area contributed by atoms with Crippen molar-refractivity contribution in [2.75, 3.05) is 0 Å². The maximum absolute atomic E-state index is 12.8. The summed E-state index contributed by atoms with van der Waals surface area (Å²) in [5, 5.41) is 10.1. The maximum Gasteiger partial charge on any atom is 0.272 e. The number of aromatic amines is 1. The van der Waals surface area contributed by atoms with Crippen molar-refractivity contribution in [1.29, 1.82) is 0 Å². The molecule has 0 saturated carbocycles. The molecule has 3 aromatic heterocycles. The highest BCUT2D eigenvalue weighted by molar-refractivity contribution is 5.93. The lowest BCUT2D eigenvalue weighted by atomic mass is 10.0. The fourth-order valence-electron chi connectivity index (χ4n) is 3.08. The lowest BCUT2D eigenvalue weighted by Crippen LogP contribution is -2.29. The van der Waals surface area contributed by atoms with Gasteiger partial charge >= 0.3 is 0 Å². The molecule has 142 valence electrons. The van der Waals surface area contributed by atoms with Crippen molar-refractivity contribution in [3.8, 4) is 11.5 Å². The molecule has 2 N–H and O–H groups in total. The summed E-state index contributed by atoms with van der Waals surface area (Å²) in [5.74, 6) is 1.23. The molecule has 28 heavy (non-hydrogen) atoms. The van der Waals surface area contributed by atoms with Crippen LogP contribution in [-0.4, -0.2) is 25.7 Å². The van der Waals surface area contributed by atoms with E-state index in [1.807, 2.05) is 60.2 Å². The minimum atomic E-state index is -0.231. The van der Waals surface area contributed by atoms with Gasteiger partial charge in [-0.05, 0) is 31.0 Å². The first-order valence-electron chi connectivity index (χ1n) is 9.13. The van der Waals surface area contributed by atoms with Gasteiger partial charge in [0.05, 0.1) is 12.4 Å². The van der Waals surface area contributed by atoms with Crippen molar-refractivity contribution >= 4 is 5.91 Å². The SMILES string of the molecule is Cc1ccc(-c2cc(C(=O)N[C@@H](CCn3ccnc3)c3ccccc3)n[nH]2)o1. The van der Waals surface area contributed by atoms with E-state index in [1.54, 1.807) is 18.6 Å². The van der Waals surface area contributed by atoms with E-state index in [4.69, 9.17) is 4.42 Å². The van der Waals surface area contributed by atoms with Crippen molar-refractivity contribution in [3.05, 3.63) is 84.3 Å². The zero-order chi connectivity index (χ0) is 19.3. The minimum absolute atomic E-state index is 0.137. The number of furan rings is 1. The quantitative estimate of drug-likeness (QED) is 0.515. The molecule has 1 atom stereocenters. The van der Waals surface area contributed by atoms with Crippen LogP contribution in [0.15, 0.2) is 71.7 Å². The molecule has 0 aliphatic heterocycles. The van der Waals surface area contributed by atoms with Gasteiger partial charge in [-0.2, -0.15) is 5.10 Å². The highest BCUT2D eigenvalue weighted by Crippen LogP contribution is 2.22. The molecule has 0 aliphatic carbocycles. The Morgan fingerprint density at radius 2 is 2.11 bits per heavy atom. The molecule has 4 rings (SSSR count). The second kappa shape index (κ2) is 7.96. The number of amides is 1. The highest BCUT2D eigenvalue weighted by atomic mass is 16.3. The third-order valence-corrected chi connectivity index (χ3v) is 4.56. The summed E-state index contributed by atoms with van der Waals surface area (Å²) in [6.45, 7) is 2.62. The Kier molecular flexibility index (Phi) is 5.05. The number of aromatic nitrogens is 4. The van der Waals surface area contributed by atoms with Crippen LogP contribution in [0.1, 0.15) is 34.3 Å². The molecule has 0 fully saturated rings. The molecule has 7 nitrogen and oxygen atoms in total. The van der Waals surface area contributed by atoms with Crippen LogP contribution in [0.5, 0.6) is 0 Å². The van der Waals surface area contributed by atoms with Crippen molar-refractivity contribution < 1.29 is 9.21 Å². The van der Waals surface area contributed by atoms with E-state index < -0.39 is 0 Å². The van der Waals surface area contributed by atoms with Gasteiger partial charge in [-0.3, -0.25) is 9.89 Å². The fourth-order valence-corrected chi connectivity index (χ4v) is 3.08. The van der Waals surface area contributed by atoms with Crippen LogP contribution in [0.3, 0.4) is 0 Å². The van der Waals surface area contributed by atoms with E-state index in [9.17, 15) is 4.79 Å². The monoisotopic (exact) mass is 375 g/mol. The second-order valence-electron chi connectivity index (χ2n) is 6.60. The molecule has 0 saturated heterocycles. The van der Waals surface area contributed by atoms with Crippen LogP contribution in [0.2, 0.25) is 0 Å². The standard InChI is InChI=1S/C21H21N5O2/c1-15-7-8-20(28-15)18-13-19(25-24-18)21(27)23-17(16-5-3-2-4-6-16)9-11-26-12-10-22-14-26/h2-8,10,12-14,17H,9,11H2,1H3,(H,23,27)(H,24,25)/t17-/m0/s1. The van der Waals surface area contributed by atoms with Gasteiger partial charge in [-0.25, -0.2) is 4.98 Å². The van der Waals surface area contributed by atoms with Gasteiger partial charge in [0.1, 0.15) is 11.5 Å². The molecular formula is C21H21N5O2. The van der Waals surface area contributed by atoms with Crippen LogP contribution in [0, 0.1) is 6.92 Å². The molecule has 4 aromatic rings. The fraction of sp³-hybridized carbons (Fsp3) is 0.190. The summed E-state index contributed by atoms with van der Waals surface area (Å²) >= 11 is 0. The largest absolute Gasteiger partial charge is 0.460 e. The summed E-state index contributed by atoms with van der Waals surface area (Å²) < 4.78 is 7.58. The first-order chi connectivity index (χ1) is 13.7. The molecule has 0 bridgehead atoms. The number of aryl methyl sites for hydroxylation is 2. The lowest BCUT2D eigenvalue weighted by molar-refractivity contribution is 0.0928. The zero-order valence-electron chi connectivity index (χ0n) is 15.5. The molecule has 0 aliphatic rings. The summed E-state index contributed by atoms with van der Waals surface area (Å²) in [7, 11) is 0. The Bertz CT molecular complexity index is 1030. The number of carbonyl (C=O) groups is 1. The molecule has 1 aromatic carbocycles. The van der Waals surface area contributed by atoms with Crippen LogP contribution in [-0.2, 0) is 6.54 Å². The third-order valence-electron chi connectivity index (χ3n) is 4.56. The van der Waals surface area contributed by atoms with E-state index in [0.717, 1.165) is 24.3 Å². The highest BCUT2D eigenvalue weighted by Gasteiger charge is 2.19. The van der Waals surface area contributed by atoms with Crippen LogP contribution < -0.4 is 5.32 Å². The number of rotatable bonds is 7. The van der Waals surface area contributed by atoms with E-state index in [0.29, 0.717) is 17.1 Å². The van der Waals surface area contributed by atoms with E-state index in [2.05, 4.69) is 20.5 Å². The number of H-pyrrole nitrogens is 1. The van der Waals surface area contributed by atoms with Crippen molar-refractivity contribution in [1.82, 2.24) is 25.1 Å². The molecule has 3 heterocycles. The van der Waals surface area contributed by atoms with Gasteiger partial charge in [0.15, 0.2) is 11.5 Å². The number of nitrogens with zero attached hydrogens (tertiary/aromatic N) is 3. The van der Waals surface area contributed by atoms with E-state index in [-0.39, 0.29) is 11.9 Å². The maximum atomic E-state index is 12.8. The Morgan fingerprint density at radius 1 is 1.25 bits per heavy atom. The van der Waals surface area contributed by atoms with Crippen molar-refractivity contribution in [2.24, 2.45) is 0 Å². The number of hydrogen-bond acceptors (Lipinski definition) is 4. The molecule has 0 unspecified atom stereocenters. The molecule has 0 radical (unpaired) electrons.